The molecule has 30 heavy (non-hydrogen) atoms. The number of ether oxygens (including phenoxy) is 3. The zero-order chi connectivity index (χ0) is 22.1. The smallest absolute Gasteiger partial charge is 0.307 e. The molecular formula is C21H23FN2O6. The second kappa shape index (κ2) is 10.8. The topological polar surface area (TPSA) is 103 Å². The highest BCUT2D eigenvalue weighted by Gasteiger charge is 2.21. The third-order valence-electron chi connectivity index (χ3n) is 4.26. The fraction of sp³-hybridized carbons (Fsp3) is 0.286. The zero-order valence-corrected chi connectivity index (χ0v) is 16.9. The standard InChI is InChI=1S/C21H23FN2O6/c1-28-17-9-6-14(10-18(17)29-2)16(11-20(26)30-3)24-19(25)12-23-21(27)13-4-7-15(22)8-5-13/h4-10,16H,11-12H2,1-3H3,(H,23,27)(H,24,25). The van der Waals surface area contributed by atoms with Crippen LogP contribution < -0.4 is 20.1 Å². The van der Waals surface area contributed by atoms with Gasteiger partial charge < -0.3 is 24.8 Å². The second-order valence-corrected chi connectivity index (χ2v) is 6.20. The molecule has 2 aromatic rings. The monoisotopic (exact) mass is 418 g/mol. The number of halogens is 1. The third kappa shape index (κ3) is 6.20. The number of methoxy groups -OCH3 is 3. The molecule has 2 rings (SSSR count). The summed E-state index contributed by atoms with van der Waals surface area (Å²) in [5.41, 5.74) is 0.812. The first-order chi connectivity index (χ1) is 14.4. The van der Waals surface area contributed by atoms with E-state index >= 15 is 0 Å². The fourth-order valence-electron chi connectivity index (χ4n) is 2.68. The maximum absolute atomic E-state index is 13.0. The predicted octanol–water partition coefficient (Wildman–Crippen LogP) is 1.99. The van der Waals surface area contributed by atoms with Crippen molar-refractivity contribution >= 4 is 17.8 Å². The molecule has 2 N–H and O–H groups in total. The van der Waals surface area contributed by atoms with E-state index < -0.39 is 29.6 Å². The van der Waals surface area contributed by atoms with Crippen LogP contribution in [0, 0.1) is 5.82 Å². The van der Waals surface area contributed by atoms with E-state index in [2.05, 4.69) is 10.6 Å². The molecule has 160 valence electrons. The van der Waals surface area contributed by atoms with Crippen molar-refractivity contribution in [2.24, 2.45) is 0 Å². The van der Waals surface area contributed by atoms with E-state index in [1.54, 1.807) is 18.2 Å². The van der Waals surface area contributed by atoms with Crippen molar-refractivity contribution in [1.29, 1.82) is 0 Å². The van der Waals surface area contributed by atoms with Crippen LogP contribution in [-0.4, -0.2) is 45.7 Å². The molecule has 0 aliphatic carbocycles. The first-order valence-corrected chi connectivity index (χ1v) is 8.99. The molecule has 0 spiro atoms. The van der Waals surface area contributed by atoms with Crippen molar-refractivity contribution in [2.45, 2.75) is 12.5 Å². The number of rotatable bonds is 9. The second-order valence-electron chi connectivity index (χ2n) is 6.20. The van der Waals surface area contributed by atoms with Gasteiger partial charge in [-0.3, -0.25) is 14.4 Å². The molecule has 2 amide bonds. The van der Waals surface area contributed by atoms with Crippen molar-refractivity contribution < 1.29 is 33.0 Å². The van der Waals surface area contributed by atoms with Crippen LogP contribution in [0.5, 0.6) is 11.5 Å². The summed E-state index contributed by atoms with van der Waals surface area (Å²) in [6.45, 7) is -0.332. The molecule has 0 aliphatic heterocycles. The molecule has 0 radical (unpaired) electrons. The lowest BCUT2D eigenvalue weighted by atomic mass is 10.0. The highest BCUT2D eigenvalue weighted by atomic mass is 19.1. The van der Waals surface area contributed by atoms with Gasteiger partial charge in [0.05, 0.1) is 40.3 Å². The van der Waals surface area contributed by atoms with Crippen LogP contribution in [0.3, 0.4) is 0 Å². The van der Waals surface area contributed by atoms with Crippen molar-refractivity contribution in [3.05, 3.63) is 59.4 Å². The summed E-state index contributed by atoms with van der Waals surface area (Å²) in [6, 6.07) is 9.19. The molecule has 0 saturated carbocycles. The molecule has 8 nitrogen and oxygen atoms in total. The molecular weight excluding hydrogens is 395 g/mol. The van der Waals surface area contributed by atoms with Gasteiger partial charge in [0.25, 0.3) is 5.91 Å². The Balaban J connectivity index is 2.08. The van der Waals surface area contributed by atoms with Crippen LogP contribution in [0.1, 0.15) is 28.4 Å². The van der Waals surface area contributed by atoms with Crippen LogP contribution in [0.15, 0.2) is 42.5 Å². The highest BCUT2D eigenvalue weighted by molar-refractivity contribution is 5.96. The Kier molecular flexibility index (Phi) is 8.16. The maximum Gasteiger partial charge on any atom is 0.307 e. The number of esters is 1. The van der Waals surface area contributed by atoms with Crippen LogP contribution in [0.25, 0.3) is 0 Å². The minimum absolute atomic E-state index is 0.121. The summed E-state index contributed by atoms with van der Waals surface area (Å²) in [6.07, 6.45) is -0.121. The molecule has 0 aromatic heterocycles. The van der Waals surface area contributed by atoms with Gasteiger partial charge in [0, 0.05) is 5.56 Å². The summed E-state index contributed by atoms with van der Waals surface area (Å²) in [7, 11) is 4.22. The van der Waals surface area contributed by atoms with Gasteiger partial charge in [-0.15, -0.1) is 0 Å². The van der Waals surface area contributed by atoms with E-state index in [1.807, 2.05) is 0 Å². The number of amides is 2. The summed E-state index contributed by atoms with van der Waals surface area (Å²) in [5.74, 6) is -1.11. The van der Waals surface area contributed by atoms with Crippen molar-refractivity contribution in [3.8, 4) is 11.5 Å². The number of carbonyl (C=O) groups excluding carboxylic acids is 3. The number of hydrogen-bond donors (Lipinski definition) is 2. The van der Waals surface area contributed by atoms with E-state index in [0.29, 0.717) is 17.1 Å². The Hall–Kier alpha value is -3.62. The van der Waals surface area contributed by atoms with Gasteiger partial charge in [0.1, 0.15) is 5.82 Å². The zero-order valence-electron chi connectivity index (χ0n) is 16.9. The van der Waals surface area contributed by atoms with Crippen LogP contribution in [-0.2, 0) is 14.3 Å². The first kappa shape index (κ1) is 22.7. The Morgan fingerprint density at radius 2 is 1.63 bits per heavy atom. The average Bonchev–Trinajstić information content (AvgIpc) is 2.76. The van der Waals surface area contributed by atoms with Gasteiger partial charge in [0.2, 0.25) is 5.91 Å². The summed E-state index contributed by atoms with van der Waals surface area (Å²) >= 11 is 0. The van der Waals surface area contributed by atoms with Gasteiger partial charge >= 0.3 is 5.97 Å². The minimum atomic E-state index is -0.715. The largest absolute Gasteiger partial charge is 0.493 e. The number of hydrogen-bond acceptors (Lipinski definition) is 6. The Labute approximate surface area is 173 Å². The quantitative estimate of drug-likeness (QED) is 0.604. The summed E-state index contributed by atoms with van der Waals surface area (Å²) in [4.78, 5) is 36.2. The number of carbonyl (C=O) groups is 3. The summed E-state index contributed by atoms with van der Waals surface area (Å²) in [5, 5.41) is 5.14. The Bertz CT molecular complexity index is 901. The SMILES string of the molecule is COC(=O)CC(NC(=O)CNC(=O)c1ccc(F)cc1)c1ccc(OC)c(OC)c1. The fourth-order valence-corrected chi connectivity index (χ4v) is 2.68. The molecule has 0 saturated heterocycles. The molecule has 1 unspecified atom stereocenters. The van der Waals surface area contributed by atoms with Gasteiger partial charge in [0.15, 0.2) is 11.5 Å². The van der Waals surface area contributed by atoms with E-state index in [0.717, 1.165) is 12.1 Å². The van der Waals surface area contributed by atoms with E-state index in [4.69, 9.17) is 14.2 Å². The van der Waals surface area contributed by atoms with Crippen LogP contribution >= 0.6 is 0 Å². The predicted molar refractivity (Wildman–Crippen MR) is 106 cm³/mol. The van der Waals surface area contributed by atoms with Gasteiger partial charge in [-0.1, -0.05) is 6.07 Å². The molecule has 0 fully saturated rings. The average molecular weight is 418 g/mol. The van der Waals surface area contributed by atoms with Gasteiger partial charge in [-0.2, -0.15) is 0 Å². The molecule has 0 heterocycles. The lowest BCUT2D eigenvalue weighted by Gasteiger charge is -2.20. The minimum Gasteiger partial charge on any atom is -0.493 e. The Morgan fingerprint density at radius 3 is 2.23 bits per heavy atom. The van der Waals surface area contributed by atoms with Crippen molar-refractivity contribution in [3.63, 3.8) is 0 Å². The van der Waals surface area contributed by atoms with Crippen LogP contribution in [0.4, 0.5) is 4.39 Å². The summed E-state index contributed by atoms with van der Waals surface area (Å²) < 4.78 is 28.1. The van der Waals surface area contributed by atoms with Crippen LogP contribution in [0.2, 0.25) is 0 Å². The third-order valence-corrected chi connectivity index (χ3v) is 4.26. The normalized spacial score (nSPS) is 11.2. The molecule has 0 bridgehead atoms. The highest BCUT2D eigenvalue weighted by Crippen LogP contribution is 2.31. The lowest BCUT2D eigenvalue weighted by Crippen LogP contribution is -2.39. The van der Waals surface area contributed by atoms with Crippen molar-refractivity contribution in [1.82, 2.24) is 10.6 Å². The Morgan fingerprint density at radius 1 is 0.967 bits per heavy atom. The van der Waals surface area contributed by atoms with Crippen molar-refractivity contribution in [2.75, 3.05) is 27.9 Å². The lowest BCUT2D eigenvalue weighted by molar-refractivity contribution is -0.141. The molecule has 1 atom stereocenters. The van der Waals surface area contributed by atoms with E-state index in [9.17, 15) is 18.8 Å². The number of nitrogens with one attached hydrogen (secondary N) is 2. The van der Waals surface area contributed by atoms with Gasteiger partial charge in [-0.05, 0) is 42.0 Å². The first-order valence-electron chi connectivity index (χ1n) is 8.99. The van der Waals surface area contributed by atoms with E-state index in [1.165, 1.54) is 33.5 Å². The molecule has 2 aromatic carbocycles. The number of benzene rings is 2. The van der Waals surface area contributed by atoms with E-state index in [-0.39, 0.29) is 18.5 Å². The molecule has 9 heteroatoms. The maximum atomic E-state index is 13.0. The van der Waals surface area contributed by atoms with Gasteiger partial charge in [-0.25, -0.2) is 4.39 Å². The molecule has 0 aliphatic rings.